The normalized spacial score (nSPS) is 13.8. The van der Waals surface area contributed by atoms with Gasteiger partial charge in [0.15, 0.2) is 0 Å². The molecule has 2 unspecified atom stereocenters. The molecule has 0 radical (unpaired) electrons. The summed E-state index contributed by atoms with van der Waals surface area (Å²) in [6.45, 7) is 8.23. The van der Waals surface area contributed by atoms with Gasteiger partial charge in [-0.1, -0.05) is 158 Å². The van der Waals surface area contributed by atoms with Crippen LogP contribution in [0.15, 0.2) is 79.4 Å². The molecule has 0 bridgehead atoms. The second-order valence-electron chi connectivity index (χ2n) is 12.1. The summed E-state index contributed by atoms with van der Waals surface area (Å²) < 4.78 is 4.94. The molecule has 0 amide bonds. The van der Waals surface area contributed by atoms with Gasteiger partial charge >= 0.3 is 0 Å². The molecule has 0 saturated heterocycles. The monoisotopic (exact) mass is 529 g/mol. The first-order valence-electron chi connectivity index (χ1n) is 16.3. The van der Waals surface area contributed by atoms with Gasteiger partial charge in [0.1, 0.15) is 18.4 Å². The SMILES string of the molecule is CCCCCCCCCCCCCCC[n+]1ccn(C(CCC)C(C)(Cc2ccccc2)c2ccccc2)c1. The Labute approximate surface area is 240 Å². The van der Waals surface area contributed by atoms with Crippen molar-refractivity contribution in [2.75, 3.05) is 0 Å². The fraction of sp³-hybridized carbons (Fsp3) is 0.595. The highest BCUT2D eigenvalue weighted by Crippen LogP contribution is 2.41. The Kier molecular flexibility index (Phi) is 14.5. The van der Waals surface area contributed by atoms with E-state index in [1.807, 2.05) is 0 Å². The Morgan fingerprint density at radius 2 is 1.21 bits per heavy atom. The minimum Gasteiger partial charge on any atom is -0.237 e. The molecule has 0 saturated carbocycles. The lowest BCUT2D eigenvalue weighted by atomic mass is 9.70. The fourth-order valence-corrected chi connectivity index (χ4v) is 6.36. The van der Waals surface area contributed by atoms with Gasteiger partial charge in [0, 0.05) is 5.41 Å². The van der Waals surface area contributed by atoms with E-state index in [0.717, 1.165) is 13.0 Å². The van der Waals surface area contributed by atoms with Gasteiger partial charge in [0.25, 0.3) is 0 Å². The molecule has 3 rings (SSSR count). The largest absolute Gasteiger partial charge is 0.244 e. The highest BCUT2D eigenvalue weighted by molar-refractivity contribution is 5.30. The first-order valence-corrected chi connectivity index (χ1v) is 16.3. The van der Waals surface area contributed by atoms with E-state index in [1.54, 1.807) is 0 Å². The number of benzene rings is 2. The standard InChI is InChI=1S/C37H57N2/c1-4-6-7-8-9-10-11-12-13-14-15-16-23-29-38-30-31-39(33-38)36(24-5-2)37(3,35-27-21-18-22-28-35)32-34-25-19-17-20-26-34/h17-22,25-28,30-31,33,36H,4-16,23-24,29,32H2,1-3H3/q+1. The number of hydrogen-bond acceptors (Lipinski definition) is 0. The molecular weight excluding hydrogens is 472 g/mol. The molecule has 2 nitrogen and oxygen atoms in total. The van der Waals surface area contributed by atoms with E-state index in [1.165, 1.54) is 107 Å². The summed E-state index contributed by atoms with van der Waals surface area (Å²) in [4.78, 5) is 0. The Morgan fingerprint density at radius 1 is 0.667 bits per heavy atom. The number of unbranched alkanes of at least 4 members (excludes halogenated alkanes) is 12. The zero-order chi connectivity index (χ0) is 27.6. The van der Waals surface area contributed by atoms with Crippen LogP contribution in [0.2, 0.25) is 0 Å². The maximum Gasteiger partial charge on any atom is 0.244 e. The molecule has 0 N–H and O–H groups in total. The zero-order valence-corrected chi connectivity index (χ0v) is 25.5. The molecule has 1 heterocycles. The Hall–Kier alpha value is -2.35. The highest BCUT2D eigenvalue weighted by atomic mass is 15.1. The van der Waals surface area contributed by atoms with Crippen LogP contribution in [0.5, 0.6) is 0 Å². The maximum absolute atomic E-state index is 2.52. The van der Waals surface area contributed by atoms with E-state index in [2.05, 4.69) is 109 Å². The van der Waals surface area contributed by atoms with E-state index in [4.69, 9.17) is 0 Å². The fourth-order valence-electron chi connectivity index (χ4n) is 6.36. The third-order valence-corrected chi connectivity index (χ3v) is 8.74. The predicted octanol–water partition coefficient (Wildman–Crippen LogP) is 10.4. The van der Waals surface area contributed by atoms with Crippen molar-refractivity contribution in [2.45, 2.75) is 142 Å². The molecule has 0 aliphatic rings. The lowest BCUT2D eigenvalue weighted by molar-refractivity contribution is -0.697. The number of hydrogen-bond donors (Lipinski definition) is 0. The average molecular weight is 530 g/mol. The zero-order valence-electron chi connectivity index (χ0n) is 25.5. The molecule has 2 heteroatoms. The van der Waals surface area contributed by atoms with Crippen molar-refractivity contribution in [3.8, 4) is 0 Å². The number of nitrogens with zero attached hydrogens (tertiary/aromatic N) is 2. The van der Waals surface area contributed by atoms with Crippen LogP contribution in [-0.2, 0) is 18.4 Å². The summed E-state index contributed by atoms with van der Waals surface area (Å²) in [6.07, 6.45) is 28.7. The number of rotatable bonds is 21. The van der Waals surface area contributed by atoms with E-state index in [0.29, 0.717) is 6.04 Å². The molecule has 39 heavy (non-hydrogen) atoms. The van der Waals surface area contributed by atoms with Crippen LogP contribution < -0.4 is 4.57 Å². The first kappa shape index (κ1) is 31.2. The molecular formula is C37H57N2+. The Morgan fingerprint density at radius 3 is 1.77 bits per heavy atom. The van der Waals surface area contributed by atoms with Gasteiger partial charge in [-0.3, -0.25) is 0 Å². The van der Waals surface area contributed by atoms with Crippen LogP contribution >= 0.6 is 0 Å². The smallest absolute Gasteiger partial charge is 0.237 e. The van der Waals surface area contributed by atoms with Crippen LogP contribution in [-0.4, -0.2) is 4.57 Å². The molecule has 0 aliphatic heterocycles. The average Bonchev–Trinajstić information content (AvgIpc) is 3.43. The lowest BCUT2D eigenvalue weighted by Gasteiger charge is -2.36. The van der Waals surface area contributed by atoms with Crippen LogP contribution in [0.4, 0.5) is 0 Å². The summed E-state index contributed by atoms with van der Waals surface area (Å²) in [5.41, 5.74) is 2.87. The van der Waals surface area contributed by atoms with Crippen LogP contribution in [0, 0.1) is 0 Å². The lowest BCUT2D eigenvalue weighted by Crippen LogP contribution is -2.37. The van der Waals surface area contributed by atoms with Crippen molar-refractivity contribution < 1.29 is 4.57 Å². The second kappa shape index (κ2) is 18.1. The van der Waals surface area contributed by atoms with Gasteiger partial charge in [-0.15, -0.1) is 0 Å². The van der Waals surface area contributed by atoms with Gasteiger partial charge in [-0.2, -0.15) is 0 Å². The Bertz CT molecular complexity index is 993. The van der Waals surface area contributed by atoms with E-state index >= 15 is 0 Å². The number of aryl methyl sites for hydroxylation is 1. The number of imidazole rings is 1. The van der Waals surface area contributed by atoms with E-state index < -0.39 is 0 Å². The van der Waals surface area contributed by atoms with Crippen LogP contribution in [0.25, 0.3) is 0 Å². The van der Waals surface area contributed by atoms with Crippen molar-refractivity contribution in [1.29, 1.82) is 0 Å². The van der Waals surface area contributed by atoms with Crippen molar-refractivity contribution >= 4 is 0 Å². The van der Waals surface area contributed by atoms with Gasteiger partial charge < -0.3 is 0 Å². The van der Waals surface area contributed by atoms with E-state index in [-0.39, 0.29) is 5.41 Å². The molecule has 0 spiro atoms. The summed E-state index contributed by atoms with van der Waals surface area (Å²) in [6, 6.07) is 22.7. The predicted molar refractivity (Wildman–Crippen MR) is 168 cm³/mol. The third-order valence-electron chi connectivity index (χ3n) is 8.74. The highest BCUT2D eigenvalue weighted by Gasteiger charge is 2.39. The quantitative estimate of drug-likeness (QED) is 0.0958. The summed E-state index contributed by atoms with van der Waals surface area (Å²) >= 11 is 0. The van der Waals surface area contributed by atoms with Gasteiger partial charge in [-0.05, 0) is 36.8 Å². The van der Waals surface area contributed by atoms with Gasteiger partial charge in [0.05, 0.1) is 6.54 Å². The van der Waals surface area contributed by atoms with Crippen molar-refractivity contribution in [1.82, 2.24) is 4.57 Å². The second-order valence-corrected chi connectivity index (χ2v) is 12.1. The minimum absolute atomic E-state index is 0.0188. The summed E-state index contributed by atoms with van der Waals surface area (Å²) in [7, 11) is 0. The first-order chi connectivity index (χ1) is 19.2. The summed E-state index contributed by atoms with van der Waals surface area (Å²) in [5.74, 6) is 0. The van der Waals surface area contributed by atoms with Crippen molar-refractivity contribution in [3.63, 3.8) is 0 Å². The van der Waals surface area contributed by atoms with Crippen molar-refractivity contribution in [3.05, 3.63) is 90.5 Å². The van der Waals surface area contributed by atoms with E-state index in [9.17, 15) is 0 Å². The number of aromatic nitrogens is 2. The van der Waals surface area contributed by atoms with Crippen molar-refractivity contribution in [2.24, 2.45) is 0 Å². The topological polar surface area (TPSA) is 8.81 Å². The maximum atomic E-state index is 2.52. The Balaban J connectivity index is 1.49. The summed E-state index contributed by atoms with van der Waals surface area (Å²) in [5, 5.41) is 0. The third kappa shape index (κ3) is 10.6. The molecule has 1 aromatic heterocycles. The van der Waals surface area contributed by atoms with Gasteiger partial charge in [-0.25, -0.2) is 9.13 Å². The molecule has 0 aliphatic carbocycles. The molecule has 2 atom stereocenters. The molecule has 0 fully saturated rings. The molecule has 3 aromatic rings. The molecule has 2 aromatic carbocycles. The van der Waals surface area contributed by atoms with Gasteiger partial charge in [0.2, 0.25) is 6.33 Å². The van der Waals surface area contributed by atoms with Crippen LogP contribution in [0.3, 0.4) is 0 Å². The minimum atomic E-state index is 0.0188. The molecule has 214 valence electrons. The van der Waals surface area contributed by atoms with Crippen LogP contribution in [0.1, 0.15) is 134 Å².